The summed E-state index contributed by atoms with van der Waals surface area (Å²) < 4.78 is 0. The SMILES string of the molecule is C(#Cc1ccc(/C=N/c2nccs2)cc1)c1ccccc1. The average Bonchev–Trinajstić information content (AvgIpc) is 3.06. The number of aliphatic imine (C=N–C) groups is 1. The fourth-order valence-corrected chi connectivity index (χ4v) is 2.21. The van der Waals surface area contributed by atoms with Crippen molar-refractivity contribution in [2.24, 2.45) is 4.99 Å². The Morgan fingerprint density at radius 3 is 2.29 bits per heavy atom. The minimum Gasteiger partial charge on any atom is -0.227 e. The molecule has 1 heterocycles. The number of aromatic nitrogens is 1. The number of hydrogen-bond donors (Lipinski definition) is 0. The van der Waals surface area contributed by atoms with Gasteiger partial charge in [-0.25, -0.2) is 9.98 Å². The Bertz CT molecular complexity index is 777. The average molecular weight is 288 g/mol. The Morgan fingerprint density at radius 1 is 0.905 bits per heavy atom. The van der Waals surface area contributed by atoms with Crippen LogP contribution in [-0.4, -0.2) is 11.2 Å². The molecule has 0 aliphatic rings. The van der Waals surface area contributed by atoms with Crippen molar-refractivity contribution < 1.29 is 0 Å². The molecule has 3 aromatic rings. The Labute approximate surface area is 127 Å². The molecule has 0 atom stereocenters. The summed E-state index contributed by atoms with van der Waals surface area (Å²) in [7, 11) is 0. The molecular formula is C18H12N2S. The summed E-state index contributed by atoms with van der Waals surface area (Å²) in [5, 5.41) is 2.68. The van der Waals surface area contributed by atoms with Crippen LogP contribution >= 0.6 is 11.3 Å². The summed E-state index contributed by atoms with van der Waals surface area (Å²) in [6, 6.07) is 18.0. The molecule has 0 fully saturated rings. The first-order chi connectivity index (χ1) is 10.4. The second kappa shape index (κ2) is 6.65. The fraction of sp³-hybridized carbons (Fsp3) is 0. The molecule has 0 aliphatic carbocycles. The standard InChI is InChI=1S/C18H12N2S/c1-2-4-15(5-3-1)6-7-16-8-10-17(11-9-16)14-20-18-19-12-13-21-18/h1-5,8-14H/b20-14+. The second-order valence-electron chi connectivity index (χ2n) is 4.31. The summed E-state index contributed by atoms with van der Waals surface area (Å²) in [4.78, 5) is 8.42. The molecule has 0 aliphatic heterocycles. The lowest BCUT2D eigenvalue weighted by Crippen LogP contribution is -1.81. The zero-order valence-electron chi connectivity index (χ0n) is 11.2. The Balaban J connectivity index is 1.71. The zero-order chi connectivity index (χ0) is 14.3. The Morgan fingerprint density at radius 2 is 1.62 bits per heavy atom. The van der Waals surface area contributed by atoms with E-state index in [0.717, 1.165) is 21.8 Å². The molecule has 100 valence electrons. The smallest absolute Gasteiger partial charge is 0.208 e. The Hall–Kier alpha value is -2.70. The van der Waals surface area contributed by atoms with Crippen LogP contribution in [0, 0.1) is 11.8 Å². The highest BCUT2D eigenvalue weighted by Crippen LogP contribution is 2.14. The maximum atomic E-state index is 4.31. The maximum Gasteiger partial charge on any atom is 0.208 e. The minimum atomic E-state index is 0.767. The number of hydrogen-bond acceptors (Lipinski definition) is 3. The summed E-state index contributed by atoms with van der Waals surface area (Å²) in [5.74, 6) is 6.30. The van der Waals surface area contributed by atoms with E-state index in [-0.39, 0.29) is 0 Å². The van der Waals surface area contributed by atoms with Crippen molar-refractivity contribution in [3.05, 3.63) is 82.9 Å². The van der Waals surface area contributed by atoms with Crippen LogP contribution in [0.4, 0.5) is 5.13 Å². The highest BCUT2D eigenvalue weighted by atomic mass is 32.1. The van der Waals surface area contributed by atoms with Crippen LogP contribution in [0.3, 0.4) is 0 Å². The molecule has 2 nitrogen and oxygen atoms in total. The lowest BCUT2D eigenvalue weighted by Gasteiger charge is -1.93. The third kappa shape index (κ3) is 3.88. The van der Waals surface area contributed by atoms with Gasteiger partial charge in [-0.3, -0.25) is 0 Å². The van der Waals surface area contributed by atoms with Gasteiger partial charge in [0.05, 0.1) is 0 Å². The third-order valence-corrected chi connectivity index (χ3v) is 3.46. The van der Waals surface area contributed by atoms with Crippen molar-refractivity contribution in [3.63, 3.8) is 0 Å². The van der Waals surface area contributed by atoms with Crippen molar-refractivity contribution >= 4 is 22.7 Å². The van der Waals surface area contributed by atoms with Gasteiger partial charge in [0.2, 0.25) is 5.13 Å². The van der Waals surface area contributed by atoms with E-state index in [1.807, 2.05) is 66.2 Å². The lowest BCUT2D eigenvalue weighted by molar-refractivity contribution is 1.36. The van der Waals surface area contributed by atoms with E-state index in [1.165, 1.54) is 11.3 Å². The van der Waals surface area contributed by atoms with Gasteiger partial charge in [0.25, 0.3) is 0 Å². The van der Waals surface area contributed by atoms with Gasteiger partial charge in [-0.15, -0.1) is 11.3 Å². The van der Waals surface area contributed by atoms with E-state index >= 15 is 0 Å². The summed E-state index contributed by atoms with van der Waals surface area (Å²) in [5.41, 5.74) is 3.05. The van der Waals surface area contributed by atoms with Gasteiger partial charge in [0.1, 0.15) is 0 Å². The van der Waals surface area contributed by atoms with Gasteiger partial charge in [-0.2, -0.15) is 0 Å². The summed E-state index contributed by atoms with van der Waals surface area (Å²) >= 11 is 1.52. The summed E-state index contributed by atoms with van der Waals surface area (Å²) in [6.45, 7) is 0. The topological polar surface area (TPSA) is 25.2 Å². The van der Waals surface area contributed by atoms with Crippen molar-refractivity contribution in [3.8, 4) is 11.8 Å². The fourth-order valence-electron chi connectivity index (χ4n) is 1.73. The lowest BCUT2D eigenvalue weighted by atomic mass is 10.1. The highest BCUT2D eigenvalue weighted by molar-refractivity contribution is 7.13. The molecule has 0 saturated carbocycles. The van der Waals surface area contributed by atoms with Gasteiger partial charge >= 0.3 is 0 Å². The first-order valence-electron chi connectivity index (χ1n) is 6.51. The van der Waals surface area contributed by atoms with Crippen molar-refractivity contribution in [2.45, 2.75) is 0 Å². The molecular weight excluding hydrogens is 276 g/mol. The van der Waals surface area contributed by atoms with E-state index < -0.39 is 0 Å². The van der Waals surface area contributed by atoms with Crippen LogP contribution in [0.2, 0.25) is 0 Å². The predicted molar refractivity (Wildman–Crippen MR) is 88.2 cm³/mol. The second-order valence-corrected chi connectivity index (χ2v) is 5.18. The number of rotatable bonds is 2. The number of thiazole rings is 1. The van der Waals surface area contributed by atoms with E-state index in [0.29, 0.717) is 0 Å². The van der Waals surface area contributed by atoms with Crippen LogP contribution in [0.25, 0.3) is 0 Å². The molecule has 0 spiro atoms. The van der Waals surface area contributed by atoms with Crippen LogP contribution in [-0.2, 0) is 0 Å². The first-order valence-corrected chi connectivity index (χ1v) is 7.39. The normalized spacial score (nSPS) is 10.3. The molecule has 0 N–H and O–H groups in total. The van der Waals surface area contributed by atoms with Gasteiger partial charge in [-0.1, -0.05) is 42.2 Å². The molecule has 21 heavy (non-hydrogen) atoms. The monoisotopic (exact) mass is 288 g/mol. The van der Waals surface area contributed by atoms with Crippen LogP contribution in [0.15, 0.2) is 71.2 Å². The minimum absolute atomic E-state index is 0.767. The quantitative estimate of drug-likeness (QED) is 0.510. The van der Waals surface area contributed by atoms with Gasteiger partial charge < -0.3 is 0 Å². The molecule has 0 amide bonds. The molecule has 0 saturated heterocycles. The number of nitrogens with zero attached hydrogens (tertiary/aromatic N) is 2. The van der Waals surface area contributed by atoms with Gasteiger partial charge in [0.15, 0.2) is 0 Å². The van der Waals surface area contributed by atoms with Crippen molar-refractivity contribution in [1.82, 2.24) is 4.98 Å². The molecule has 2 aromatic carbocycles. The maximum absolute atomic E-state index is 4.31. The molecule has 0 unspecified atom stereocenters. The van der Waals surface area contributed by atoms with E-state index in [1.54, 1.807) is 6.20 Å². The van der Waals surface area contributed by atoms with E-state index in [9.17, 15) is 0 Å². The third-order valence-electron chi connectivity index (χ3n) is 2.78. The summed E-state index contributed by atoms with van der Waals surface area (Å²) in [6.07, 6.45) is 3.56. The molecule has 1 aromatic heterocycles. The zero-order valence-corrected chi connectivity index (χ0v) is 12.0. The van der Waals surface area contributed by atoms with Gasteiger partial charge in [0, 0.05) is 28.9 Å². The molecule has 0 bridgehead atoms. The molecule has 0 radical (unpaired) electrons. The molecule has 3 heteroatoms. The number of benzene rings is 2. The predicted octanol–water partition coefficient (Wildman–Crippen LogP) is 4.29. The first kappa shape index (κ1) is 13.3. The van der Waals surface area contributed by atoms with Crippen molar-refractivity contribution in [1.29, 1.82) is 0 Å². The highest BCUT2D eigenvalue weighted by Gasteiger charge is 1.92. The largest absolute Gasteiger partial charge is 0.227 e. The van der Waals surface area contributed by atoms with E-state index in [2.05, 4.69) is 21.8 Å². The van der Waals surface area contributed by atoms with Crippen LogP contribution in [0.5, 0.6) is 0 Å². The van der Waals surface area contributed by atoms with Crippen LogP contribution < -0.4 is 0 Å². The van der Waals surface area contributed by atoms with Gasteiger partial charge in [-0.05, 0) is 29.8 Å². The van der Waals surface area contributed by atoms with Crippen molar-refractivity contribution in [2.75, 3.05) is 0 Å². The molecule has 3 rings (SSSR count). The van der Waals surface area contributed by atoms with Crippen LogP contribution in [0.1, 0.15) is 16.7 Å². The Kier molecular flexibility index (Phi) is 4.21. The van der Waals surface area contributed by atoms with E-state index in [4.69, 9.17) is 0 Å².